The van der Waals surface area contributed by atoms with Gasteiger partial charge in [-0.1, -0.05) is 198 Å². The van der Waals surface area contributed by atoms with Crippen LogP contribution in [0.25, 0.3) is 28.2 Å². The van der Waals surface area contributed by atoms with Crippen molar-refractivity contribution in [1.82, 2.24) is 19.9 Å². The third-order valence-electron chi connectivity index (χ3n) is 12.0. The smallest absolute Gasteiger partial charge is 0.753 e. The molecular formula is C58H80N6O8RuS2. The van der Waals surface area contributed by atoms with E-state index in [1.165, 1.54) is 201 Å². The third kappa shape index (κ3) is 35.5. The van der Waals surface area contributed by atoms with E-state index in [0.717, 1.165) is 25.7 Å². The summed E-state index contributed by atoms with van der Waals surface area (Å²) in [4.78, 5) is 63.8. The van der Waals surface area contributed by atoms with Crippen molar-refractivity contribution in [2.45, 2.75) is 194 Å². The molecule has 0 saturated heterocycles. The molecule has 4 heterocycles. The van der Waals surface area contributed by atoms with Crippen molar-refractivity contribution in [2.75, 3.05) is 13.2 Å². The van der Waals surface area contributed by atoms with Crippen LogP contribution in [0, 0.1) is 10.7 Å². The number of hydrogen-bond donors (Lipinski definition) is 2. The van der Waals surface area contributed by atoms with Crippen molar-refractivity contribution in [2.24, 2.45) is 0 Å². The number of esters is 2. The Hall–Kier alpha value is -5.39. The van der Waals surface area contributed by atoms with Crippen molar-refractivity contribution in [1.29, 1.82) is 5.26 Å². The van der Waals surface area contributed by atoms with Gasteiger partial charge in [0.15, 0.2) is 0 Å². The predicted octanol–water partition coefficient (Wildman–Crippen LogP) is 15.6. The fourth-order valence-corrected chi connectivity index (χ4v) is 7.89. The van der Waals surface area contributed by atoms with Gasteiger partial charge in [0.05, 0.1) is 58.2 Å². The number of aromatic carboxylic acids is 2. The molecule has 2 N–H and O–H groups in total. The molecule has 0 bridgehead atoms. The van der Waals surface area contributed by atoms with Crippen LogP contribution in [0.3, 0.4) is 0 Å². The number of pyridine rings is 4. The van der Waals surface area contributed by atoms with Crippen LogP contribution in [0.2, 0.25) is 0 Å². The largest absolute Gasteiger partial charge is 2.00 e. The van der Waals surface area contributed by atoms with Crippen LogP contribution in [0.4, 0.5) is 0 Å². The number of carboxylic acids is 2. The molecule has 0 radical (unpaired) electrons. The topological polar surface area (TPSA) is 225 Å². The van der Waals surface area contributed by atoms with Crippen LogP contribution in [0.15, 0.2) is 73.3 Å². The molecule has 0 amide bonds. The van der Waals surface area contributed by atoms with Crippen molar-refractivity contribution in [3.8, 4) is 28.2 Å². The molecule has 0 aliphatic carbocycles. The maximum absolute atomic E-state index is 12.7. The molecule has 4 aromatic rings. The van der Waals surface area contributed by atoms with E-state index in [-0.39, 0.29) is 42.5 Å². The second-order valence-corrected chi connectivity index (χ2v) is 18.3. The number of rotatable bonds is 36. The van der Waals surface area contributed by atoms with Gasteiger partial charge in [-0.25, -0.2) is 24.4 Å². The Bertz CT molecular complexity index is 2100. The van der Waals surface area contributed by atoms with Crippen LogP contribution >= 0.6 is 12.2 Å². The van der Waals surface area contributed by atoms with Gasteiger partial charge in [-0.15, -0.1) is 0 Å². The number of isothiocyanates is 1. The molecule has 410 valence electrons. The average molecular weight is 1150 g/mol. The van der Waals surface area contributed by atoms with Crippen molar-refractivity contribution < 1.29 is 58.3 Å². The SMILES string of the molecule is CCCCCCCCCCCCCCCCOC(=O)c1ccnc(-c2cc(C(=O)OCCCCCCCCCCCCCCCC)ccn2)c1.N#C[S-].O=C(O)c1ccnc(-c2cc(C(=O)O)ccn2)c1.[N-]=C=S.[Ru+2]. The zero-order chi connectivity index (χ0) is 54.3. The van der Waals surface area contributed by atoms with E-state index >= 15 is 0 Å². The minimum atomic E-state index is -1.08. The maximum Gasteiger partial charge on any atom is 2.00 e. The van der Waals surface area contributed by atoms with Crippen LogP contribution < -0.4 is 0 Å². The fraction of sp³-hybridized carbons (Fsp3) is 0.552. The summed E-state index contributed by atoms with van der Waals surface area (Å²) < 4.78 is 11.1. The second-order valence-electron chi connectivity index (χ2n) is 18.0. The summed E-state index contributed by atoms with van der Waals surface area (Å²) in [5, 5.41) is 34.6. The summed E-state index contributed by atoms with van der Waals surface area (Å²) in [5.74, 6) is -2.86. The maximum atomic E-state index is 12.7. The van der Waals surface area contributed by atoms with Crippen molar-refractivity contribution in [3.63, 3.8) is 0 Å². The quantitative estimate of drug-likeness (QED) is 0.00821. The summed E-state index contributed by atoms with van der Waals surface area (Å²) in [7, 11) is 0. The number of thiocarbonyl (C=S) groups is 1. The first-order valence-electron chi connectivity index (χ1n) is 26.7. The van der Waals surface area contributed by atoms with Gasteiger partial charge in [-0.05, 0) is 61.4 Å². The normalized spacial score (nSPS) is 10.0. The number of hydrogen-bond acceptors (Lipinski definition) is 13. The summed E-state index contributed by atoms with van der Waals surface area (Å²) in [5.41, 5.74) is 2.71. The molecule has 0 atom stereocenters. The Morgan fingerprint density at radius 2 is 0.680 bits per heavy atom. The summed E-state index contributed by atoms with van der Waals surface area (Å²) in [6, 6.07) is 12.1. The minimum Gasteiger partial charge on any atom is -0.753 e. The molecule has 0 aliphatic rings. The van der Waals surface area contributed by atoms with Gasteiger partial charge in [-0.3, -0.25) is 19.9 Å². The van der Waals surface area contributed by atoms with Crippen LogP contribution in [0.1, 0.15) is 235 Å². The molecule has 17 heteroatoms. The average Bonchev–Trinajstić information content (AvgIpc) is 3.41. The Balaban J connectivity index is 0.00000180. The van der Waals surface area contributed by atoms with E-state index < -0.39 is 11.9 Å². The summed E-state index contributed by atoms with van der Waals surface area (Å²) >= 11 is 7.40. The zero-order valence-electron chi connectivity index (χ0n) is 44.3. The molecule has 0 fully saturated rings. The third-order valence-corrected chi connectivity index (χ3v) is 12.0. The van der Waals surface area contributed by atoms with Crippen molar-refractivity contribution in [3.05, 3.63) is 101 Å². The monoisotopic (exact) mass is 1150 g/mol. The number of carbonyl (C=O) groups is 4. The zero-order valence-corrected chi connectivity index (χ0v) is 47.7. The van der Waals surface area contributed by atoms with E-state index in [4.69, 9.17) is 30.4 Å². The number of aromatic nitrogens is 4. The van der Waals surface area contributed by atoms with Gasteiger partial charge in [0.25, 0.3) is 0 Å². The molecule has 75 heavy (non-hydrogen) atoms. The minimum absolute atomic E-state index is 0. The molecule has 0 aliphatic heterocycles. The van der Waals surface area contributed by atoms with Crippen LogP contribution in [-0.2, 0) is 41.6 Å². The Morgan fingerprint density at radius 3 is 0.907 bits per heavy atom. The Morgan fingerprint density at radius 1 is 0.480 bits per heavy atom. The van der Waals surface area contributed by atoms with Gasteiger partial charge in [0.2, 0.25) is 0 Å². The van der Waals surface area contributed by atoms with Gasteiger partial charge in [0, 0.05) is 24.8 Å². The molecule has 0 aromatic carbocycles. The summed E-state index contributed by atoms with van der Waals surface area (Å²) in [6.07, 6.45) is 42.1. The number of unbranched alkanes of at least 4 members (excludes halogenated alkanes) is 26. The van der Waals surface area contributed by atoms with Crippen molar-refractivity contribution >= 4 is 53.9 Å². The van der Waals surface area contributed by atoms with E-state index in [1.807, 2.05) is 0 Å². The first-order valence-corrected chi connectivity index (χ1v) is 27.6. The van der Waals surface area contributed by atoms with E-state index in [0.29, 0.717) is 47.1 Å². The van der Waals surface area contributed by atoms with Gasteiger partial charge < -0.3 is 37.7 Å². The van der Waals surface area contributed by atoms with Gasteiger partial charge >= 0.3 is 43.4 Å². The predicted molar refractivity (Wildman–Crippen MR) is 299 cm³/mol. The number of ether oxygens (including phenoxy) is 2. The number of thiocyanates is 1. The van der Waals surface area contributed by atoms with Gasteiger partial charge in [-0.2, -0.15) is 5.16 Å². The fourth-order valence-electron chi connectivity index (χ4n) is 7.89. The molecule has 0 unspecified atom stereocenters. The number of carboxylic acid groups (broad SMARTS) is 2. The molecule has 4 aromatic heterocycles. The Labute approximate surface area is 470 Å². The van der Waals surface area contributed by atoms with E-state index in [9.17, 15) is 19.2 Å². The standard InChI is InChI=1S/C44H72N2O4.C12H8N2O4.CHNS.CNS.Ru/c1-3-5-7-9-11-13-15-17-19-21-23-25-27-29-35-49-43(47)39-31-33-45-41(37-39)42-38-40(32-34-46-42)44(48)50-36-30-28-26-24-22-20-18-16-14-12-10-8-6-4-2;15-11(16)7-1-3-13-9(5-7)10-6-8(12(17)18)2-4-14-10;2*2-1-3;/h31-34,37-38H,3-30,35-36H2,1-2H3;1-6H,(H,15,16)(H,17,18);3H;;/q;;;-1;+2/p-1. The molecular weight excluding hydrogens is 1070 g/mol. The number of carbonyl (C=O) groups excluding carboxylic acids is 2. The van der Waals surface area contributed by atoms with Crippen LogP contribution in [0.5, 0.6) is 0 Å². The molecule has 0 spiro atoms. The van der Waals surface area contributed by atoms with Gasteiger partial charge in [0.1, 0.15) is 0 Å². The molecule has 4 rings (SSSR count). The molecule has 0 saturated carbocycles. The van der Waals surface area contributed by atoms with E-state index in [2.05, 4.69) is 58.6 Å². The second kappa shape index (κ2) is 48.3. The summed E-state index contributed by atoms with van der Waals surface area (Å²) in [6.45, 7) is 5.39. The van der Waals surface area contributed by atoms with E-state index in [1.54, 1.807) is 36.7 Å². The Kier molecular flexibility index (Phi) is 44.8. The number of nitrogens with zero attached hydrogens (tertiary/aromatic N) is 6. The first kappa shape index (κ1) is 69.6. The van der Waals surface area contributed by atoms with Crippen LogP contribution in [-0.4, -0.2) is 72.4 Å². The first-order chi connectivity index (χ1) is 36.1. The number of nitriles is 1. The molecule has 14 nitrogen and oxygen atoms in total.